The van der Waals surface area contributed by atoms with Crippen molar-refractivity contribution >= 4 is 15.8 Å². The minimum absolute atomic E-state index is 0.155. The molecule has 0 aromatic carbocycles. The fourth-order valence-electron chi connectivity index (χ4n) is 2.16. The van der Waals surface area contributed by atoms with Crippen LogP contribution >= 0.6 is 0 Å². The maximum atomic E-state index is 11.4. The van der Waals surface area contributed by atoms with E-state index in [1.165, 1.54) is 44.9 Å². The van der Waals surface area contributed by atoms with Crippen molar-refractivity contribution in [2.75, 3.05) is 31.6 Å². The lowest BCUT2D eigenvalue weighted by molar-refractivity contribution is 0.571. The lowest BCUT2D eigenvalue weighted by Crippen LogP contribution is -2.40. The van der Waals surface area contributed by atoms with Gasteiger partial charge in [-0.3, -0.25) is 4.99 Å². The number of guanidine groups is 1. The standard InChI is InChI=1S/C16H35N3O2S/c1-4-6-7-8-9-10-11-12-13-18-16(17-3)19-14-15-22(20,21)5-2/h4-15H2,1-3H3,(H2,17,18,19). The Labute approximate surface area is 137 Å². The Kier molecular flexibility index (Phi) is 13.4. The third kappa shape index (κ3) is 12.9. The summed E-state index contributed by atoms with van der Waals surface area (Å²) in [7, 11) is -1.21. The molecular formula is C16H35N3O2S. The third-order valence-electron chi connectivity index (χ3n) is 3.69. The van der Waals surface area contributed by atoms with E-state index in [2.05, 4.69) is 22.5 Å². The summed E-state index contributed by atoms with van der Waals surface area (Å²) >= 11 is 0. The molecule has 0 saturated heterocycles. The summed E-state index contributed by atoms with van der Waals surface area (Å²) in [6.45, 7) is 5.21. The Hall–Kier alpha value is -0.780. The molecule has 0 heterocycles. The molecular weight excluding hydrogens is 298 g/mol. The molecule has 0 amide bonds. The number of rotatable bonds is 13. The molecule has 0 aromatic heterocycles. The molecule has 0 aliphatic carbocycles. The second kappa shape index (κ2) is 13.9. The predicted molar refractivity (Wildman–Crippen MR) is 96.3 cm³/mol. The third-order valence-corrected chi connectivity index (χ3v) is 5.40. The van der Waals surface area contributed by atoms with Crippen molar-refractivity contribution in [3.63, 3.8) is 0 Å². The highest BCUT2D eigenvalue weighted by Crippen LogP contribution is 2.07. The van der Waals surface area contributed by atoms with Crippen LogP contribution in [0.25, 0.3) is 0 Å². The first-order valence-electron chi connectivity index (χ1n) is 8.70. The zero-order chi connectivity index (χ0) is 16.7. The summed E-state index contributed by atoms with van der Waals surface area (Å²) in [6, 6.07) is 0. The van der Waals surface area contributed by atoms with Crippen LogP contribution in [-0.4, -0.2) is 46.0 Å². The van der Waals surface area contributed by atoms with Gasteiger partial charge in [0.1, 0.15) is 0 Å². The van der Waals surface area contributed by atoms with Crippen LogP contribution in [0, 0.1) is 0 Å². The highest BCUT2D eigenvalue weighted by Gasteiger charge is 2.07. The van der Waals surface area contributed by atoms with E-state index in [0.717, 1.165) is 13.0 Å². The van der Waals surface area contributed by atoms with Crippen LogP contribution in [0.5, 0.6) is 0 Å². The lowest BCUT2D eigenvalue weighted by atomic mass is 10.1. The number of unbranched alkanes of at least 4 members (excludes halogenated alkanes) is 7. The normalized spacial score (nSPS) is 12.4. The molecule has 22 heavy (non-hydrogen) atoms. The van der Waals surface area contributed by atoms with E-state index in [1.54, 1.807) is 14.0 Å². The van der Waals surface area contributed by atoms with Gasteiger partial charge >= 0.3 is 0 Å². The molecule has 0 radical (unpaired) electrons. The quantitative estimate of drug-likeness (QED) is 0.309. The van der Waals surface area contributed by atoms with Gasteiger partial charge in [0.15, 0.2) is 15.8 Å². The van der Waals surface area contributed by atoms with Crippen LogP contribution < -0.4 is 10.6 Å². The molecule has 2 N–H and O–H groups in total. The van der Waals surface area contributed by atoms with E-state index < -0.39 is 9.84 Å². The minimum Gasteiger partial charge on any atom is -0.356 e. The van der Waals surface area contributed by atoms with Crippen LogP contribution in [0.4, 0.5) is 0 Å². The van der Waals surface area contributed by atoms with Gasteiger partial charge in [-0.15, -0.1) is 0 Å². The monoisotopic (exact) mass is 333 g/mol. The fraction of sp³-hybridized carbons (Fsp3) is 0.938. The van der Waals surface area contributed by atoms with Crippen LogP contribution in [0.3, 0.4) is 0 Å². The molecule has 0 bridgehead atoms. The maximum Gasteiger partial charge on any atom is 0.191 e. The van der Waals surface area contributed by atoms with Gasteiger partial charge in [-0.25, -0.2) is 8.42 Å². The smallest absolute Gasteiger partial charge is 0.191 e. The van der Waals surface area contributed by atoms with E-state index in [0.29, 0.717) is 12.5 Å². The molecule has 0 fully saturated rings. The SMILES string of the molecule is CCCCCCCCCCNC(=NC)NCCS(=O)(=O)CC. The lowest BCUT2D eigenvalue weighted by Gasteiger charge is -2.11. The van der Waals surface area contributed by atoms with E-state index in [-0.39, 0.29) is 11.5 Å². The van der Waals surface area contributed by atoms with Gasteiger partial charge in [0.05, 0.1) is 5.75 Å². The molecule has 0 aliphatic heterocycles. The van der Waals surface area contributed by atoms with Crippen molar-refractivity contribution in [3.8, 4) is 0 Å². The van der Waals surface area contributed by atoms with E-state index in [1.807, 2.05) is 0 Å². The van der Waals surface area contributed by atoms with Crippen molar-refractivity contribution < 1.29 is 8.42 Å². The molecule has 132 valence electrons. The van der Waals surface area contributed by atoms with Gasteiger partial charge < -0.3 is 10.6 Å². The van der Waals surface area contributed by atoms with Crippen LogP contribution in [0.15, 0.2) is 4.99 Å². The molecule has 5 nitrogen and oxygen atoms in total. The van der Waals surface area contributed by atoms with Gasteiger partial charge in [0, 0.05) is 25.9 Å². The summed E-state index contributed by atoms with van der Waals surface area (Å²) in [5.74, 6) is 1.04. The van der Waals surface area contributed by atoms with E-state index >= 15 is 0 Å². The van der Waals surface area contributed by atoms with Crippen molar-refractivity contribution in [1.82, 2.24) is 10.6 Å². The number of nitrogens with zero attached hydrogens (tertiary/aromatic N) is 1. The van der Waals surface area contributed by atoms with Crippen molar-refractivity contribution in [1.29, 1.82) is 0 Å². The minimum atomic E-state index is -2.91. The Morgan fingerprint density at radius 1 is 0.864 bits per heavy atom. The summed E-state index contributed by atoms with van der Waals surface area (Å²) in [5, 5.41) is 6.27. The molecule has 0 rings (SSSR count). The first-order valence-corrected chi connectivity index (χ1v) is 10.5. The average molecular weight is 334 g/mol. The number of hydrogen-bond donors (Lipinski definition) is 2. The van der Waals surface area contributed by atoms with Gasteiger partial charge in [0.2, 0.25) is 0 Å². The first kappa shape index (κ1) is 21.2. The molecule has 0 aromatic rings. The van der Waals surface area contributed by atoms with Gasteiger partial charge in [0.25, 0.3) is 0 Å². The molecule has 0 aliphatic rings. The zero-order valence-electron chi connectivity index (χ0n) is 14.7. The highest BCUT2D eigenvalue weighted by atomic mass is 32.2. The average Bonchev–Trinajstić information content (AvgIpc) is 2.51. The van der Waals surface area contributed by atoms with Gasteiger partial charge in [-0.2, -0.15) is 0 Å². The molecule has 0 saturated carbocycles. The number of nitrogens with one attached hydrogen (secondary N) is 2. The van der Waals surface area contributed by atoms with Crippen molar-refractivity contribution in [2.24, 2.45) is 4.99 Å². The molecule has 6 heteroatoms. The summed E-state index contributed by atoms with van der Waals surface area (Å²) in [5.41, 5.74) is 0. The zero-order valence-corrected chi connectivity index (χ0v) is 15.5. The van der Waals surface area contributed by atoms with E-state index in [4.69, 9.17) is 0 Å². The van der Waals surface area contributed by atoms with Crippen LogP contribution in [-0.2, 0) is 9.84 Å². The summed E-state index contributed by atoms with van der Waals surface area (Å²) < 4.78 is 22.8. The van der Waals surface area contributed by atoms with Crippen molar-refractivity contribution in [3.05, 3.63) is 0 Å². The largest absolute Gasteiger partial charge is 0.356 e. The maximum absolute atomic E-state index is 11.4. The van der Waals surface area contributed by atoms with E-state index in [9.17, 15) is 8.42 Å². The second-order valence-electron chi connectivity index (χ2n) is 5.64. The molecule has 0 spiro atoms. The fourth-order valence-corrected chi connectivity index (χ4v) is 2.86. The first-order chi connectivity index (χ1) is 10.6. The number of aliphatic imine (C=N–C) groups is 1. The Morgan fingerprint density at radius 2 is 1.41 bits per heavy atom. The van der Waals surface area contributed by atoms with Crippen molar-refractivity contribution in [2.45, 2.75) is 65.2 Å². The summed E-state index contributed by atoms with van der Waals surface area (Å²) in [4.78, 5) is 4.10. The molecule has 0 atom stereocenters. The Balaban J connectivity index is 3.55. The van der Waals surface area contributed by atoms with Crippen LogP contribution in [0.2, 0.25) is 0 Å². The molecule has 0 unspecified atom stereocenters. The van der Waals surface area contributed by atoms with Crippen LogP contribution in [0.1, 0.15) is 65.2 Å². The Morgan fingerprint density at radius 3 is 1.95 bits per heavy atom. The number of sulfone groups is 1. The topological polar surface area (TPSA) is 70.6 Å². The van der Waals surface area contributed by atoms with Gasteiger partial charge in [-0.1, -0.05) is 58.8 Å². The Bertz CT molecular complexity index is 381. The predicted octanol–water partition coefficient (Wildman–Crippen LogP) is 2.73. The second-order valence-corrected chi connectivity index (χ2v) is 8.11. The summed E-state index contributed by atoms with van der Waals surface area (Å²) in [6.07, 6.45) is 10.4. The van der Waals surface area contributed by atoms with Gasteiger partial charge in [-0.05, 0) is 6.42 Å². The number of hydrogen-bond acceptors (Lipinski definition) is 3. The highest BCUT2D eigenvalue weighted by molar-refractivity contribution is 7.91.